The molecule has 1 amide bonds. The molecule has 0 saturated carbocycles. The van der Waals surface area contributed by atoms with Crippen molar-refractivity contribution in [1.82, 2.24) is 5.32 Å². The van der Waals surface area contributed by atoms with Gasteiger partial charge in [0.1, 0.15) is 11.6 Å². The summed E-state index contributed by atoms with van der Waals surface area (Å²) in [4.78, 5) is 12.4. The Bertz CT molecular complexity index is 722. The SMILES string of the molecule is CCCCOc1ccccc1C(=O)NC(=S)Nc1ccccc1F. The molecule has 0 aromatic heterocycles. The molecule has 2 aromatic carbocycles. The number of anilines is 1. The van der Waals surface area contributed by atoms with Crippen LogP contribution in [0.25, 0.3) is 0 Å². The molecule has 0 spiro atoms. The smallest absolute Gasteiger partial charge is 0.261 e. The minimum Gasteiger partial charge on any atom is -0.493 e. The molecule has 0 unspecified atom stereocenters. The first-order chi connectivity index (χ1) is 11.6. The van der Waals surface area contributed by atoms with Crippen LogP contribution in [-0.2, 0) is 0 Å². The van der Waals surface area contributed by atoms with Gasteiger partial charge in [-0.05, 0) is 42.9 Å². The molecule has 4 nitrogen and oxygen atoms in total. The zero-order valence-electron chi connectivity index (χ0n) is 13.3. The van der Waals surface area contributed by atoms with Gasteiger partial charge in [0, 0.05) is 0 Å². The van der Waals surface area contributed by atoms with Crippen LogP contribution in [0.2, 0.25) is 0 Å². The number of amides is 1. The Kier molecular flexibility index (Phi) is 6.69. The fraction of sp³-hybridized carbons (Fsp3) is 0.222. The van der Waals surface area contributed by atoms with Crippen LogP contribution < -0.4 is 15.4 Å². The molecule has 0 aliphatic carbocycles. The second kappa shape index (κ2) is 8.98. The van der Waals surface area contributed by atoms with Crippen molar-refractivity contribution >= 4 is 28.9 Å². The second-order valence-electron chi connectivity index (χ2n) is 5.09. The van der Waals surface area contributed by atoms with Crippen LogP contribution in [0.3, 0.4) is 0 Å². The number of ether oxygens (including phenoxy) is 1. The lowest BCUT2D eigenvalue weighted by Crippen LogP contribution is -2.34. The number of halogens is 1. The molecular formula is C18H19FN2O2S. The normalized spacial score (nSPS) is 10.1. The van der Waals surface area contributed by atoms with Crippen LogP contribution in [-0.4, -0.2) is 17.6 Å². The van der Waals surface area contributed by atoms with Crippen molar-refractivity contribution in [2.75, 3.05) is 11.9 Å². The van der Waals surface area contributed by atoms with Gasteiger partial charge in [0.25, 0.3) is 5.91 Å². The Hall–Kier alpha value is -2.47. The van der Waals surface area contributed by atoms with Gasteiger partial charge >= 0.3 is 0 Å². The van der Waals surface area contributed by atoms with Crippen LogP contribution in [0.15, 0.2) is 48.5 Å². The minimum absolute atomic E-state index is 0.0217. The Labute approximate surface area is 146 Å². The predicted octanol–water partition coefficient (Wildman–Crippen LogP) is 4.13. The molecule has 0 radical (unpaired) electrons. The van der Waals surface area contributed by atoms with E-state index in [1.54, 1.807) is 36.4 Å². The topological polar surface area (TPSA) is 50.4 Å². The molecule has 0 heterocycles. The van der Waals surface area contributed by atoms with E-state index in [2.05, 4.69) is 17.6 Å². The summed E-state index contributed by atoms with van der Waals surface area (Å²) >= 11 is 5.07. The number of carbonyl (C=O) groups excluding carboxylic acids is 1. The number of nitrogens with one attached hydrogen (secondary N) is 2. The van der Waals surface area contributed by atoms with Crippen molar-refractivity contribution in [3.05, 3.63) is 59.9 Å². The quantitative estimate of drug-likeness (QED) is 0.610. The Morgan fingerprint density at radius 2 is 1.88 bits per heavy atom. The van der Waals surface area contributed by atoms with Gasteiger partial charge in [-0.25, -0.2) is 4.39 Å². The lowest BCUT2D eigenvalue weighted by atomic mass is 10.2. The Balaban J connectivity index is 2.01. The lowest BCUT2D eigenvalue weighted by molar-refractivity contribution is 0.0973. The van der Waals surface area contributed by atoms with Crippen molar-refractivity contribution in [3.63, 3.8) is 0 Å². The van der Waals surface area contributed by atoms with Gasteiger partial charge in [-0.1, -0.05) is 37.6 Å². The third kappa shape index (κ3) is 5.03. The number of hydrogen-bond acceptors (Lipinski definition) is 3. The molecule has 2 aromatic rings. The number of thiocarbonyl (C=S) groups is 1. The number of benzene rings is 2. The Morgan fingerprint density at radius 1 is 1.17 bits per heavy atom. The predicted molar refractivity (Wildman–Crippen MR) is 96.9 cm³/mol. The third-order valence-corrected chi connectivity index (χ3v) is 3.44. The number of carbonyl (C=O) groups is 1. The largest absolute Gasteiger partial charge is 0.493 e. The van der Waals surface area contributed by atoms with Crippen molar-refractivity contribution in [1.29, 1.82) is 0 Å². The number of rotatable bonds is 6. The maximum absolute atomic E-state index is 13.6. The second-order valence-corrected chi connectivity index (χ2v) is 5.49. The highest BCUT2D eigenvalue weighted by Crippen LogP contribution is 2.18. The summed E-state index contributed by atoms with van der Waals surface area (Å²) in [6.45, 7) is 2.60. The fourth-order valence-electron chi connectivity index (χ4n) is 1.99. The van der Waals surface area contributed by atoms with E-state index in [0.717, 1.165) is 12.8 Å². The highest BCUT2D eigenvalue weighted by Gasteiger charge is 2.14. The lowest BCUT2D eigenvalue weighted by Gasteiger charge is -2.13. The molecule has 2 rings (SSSR count). The molecular weight excluding hydrogens is 327 g/mol. The van der Waals surface area contributed by atoms with E-state index in [-0.39, 0.29) is 10.8 Å². The molecule has 0 fully saturated rings. The van der Waals surface area contributed by atoms with E-state index in [0.29, 0.717) is 17.9 Å². The first kappa shape index (κ1) is 17.9. The van der Waals surface area contributed by atoms with E-state index < -0.39 is 11.7 Å². The average Bonchev–Trinajstić information content (AvgIpc) is 2.57. The molecule has 0 atom stereocenters. The summed E-state index contributed by atoms with van der Waals surface area (Å²) < 4.78 is 19.2. The third-order valence-electron chi connectivity index (χ3n) is 3.24. The maximum Gasteiger partial charge on any atom is 0.261 e. The van der Waals surface area contributed by atoms with Gasteiger partial charge in [-0.15, -0.1) is 0 Å². The first-order valence-corrected chi connectivity index (χ1v) is 8.11. The number of para-hydroxylation sites is 2. The van der Waals surface area contributed by atoms with Crippen LogP contribution >= 0.6 is 12.2 Å². The Morgan fingerprint density at radius 3 is 2.62 bits per heavy atom. The first-order valence-electron chi connectivity index (χ1n) is 7.70. The zero-order chi connectivity index (χ0) is 17.4. The molecule has 0 aliphatic heterocycles. The van der Waals surface area contributed by atoms with Gasteiger partial charge < -0.3 is 10.1 Å². The standard InChI is InChI=1S/C18H19FN2O2S/c1-2-3-12-23-16-11-7-4-8-13(16)17(22)21-18(24)20-15-10-6-5-9-14(15)19/h4-11H,2-3,12H2,1H3,(H2,20,21,22,24). The molecule has 6 heteroatoms. The molecule has 126 valence electrons. The van der Waals surface area contributed by atoms with Gasteiger partial charge in [0.2, 0.25) is 0 Å². The van der Waals surface area contributed by atoms with Gasteiger partial charge in [0.15, 0.2) is 5.11 Å². The van der Waals surface area contributed by atoms with E-state index in [1.807, 2.05) is 0 Å². The zero-order valence-corrected chi connectivity index (χ0v) is 14.2. The number of hydrogen-bond donors (Lipinski definition) is 2. The van der Waals surface area contributed by atoms with E-state index >= 15 is 0 Å². The summed E-state index contributed by atoms with van der Waals surface area (Å²) in [5.41, 5.74) is 0.585. The van der Waals surface area contributed by atoms with Crippen LogP contribution in [0.4, 0.5) is 10.1 Å². The monoisotopic (exact) mass is 346 g/mol. The van der Waals surface area contributed by atoms with Gasteiger partial charge in [-0.2, -0.15) is 0 Å². The van der Waals surface area contributed by atoms with Crippen molar-refractivity contribution in [2.24, 2.45) is 0 Å². The maximum atomic E-state index is 13.6. The van der Waals surface area contributed by atoms with Crippen LogP contribution in [0, 0.1) is 5.82 Å². The average molecular weight is 346 g/mol. The van der Waals surface area contributed by atoms with E-state index in [1.165, 1.54) is 12.1 Å². The fourth-order valence-corrected chi connectivity index (χ4v) is 2.20. The molecule has 0 bridgehead atoms. The van der Waals surface area contributed by atoms with Crippen LogP contribution in [0.1, 0.15) is 30.1 Å². The minimum atomic E-state index is -0.447. The van der Waals surface area contributed by atoms with Crippen molar-refractivity contribution in [2.45, 2.75) is 19.8 Å². The van der Waals surface area contributed by atoms with E-state index in [9.17, 15) is 9.18 Å². The summed E-state index contributed by atoms with van der Waals surface area (Å²) in [6, 6.07) is 13.0. The summed E-state index contributed by atoms with van der Waals surface area (Å²) in [6.07, 6.45) is 1.91. The highest BCUT2D eigenvalue weighted by atomic mass is 32.1. The summed E-state index contributed by atoms with van der Waals surface area (Å²) in [5.74, 6) is -0.356. The van der Waals surface area contributed by atoms with Gasteiger partial charge in [0.05, 0.1) is 17.9 Å². The van der Waals surface area contributed by atoms with E-state index in [4.69, 9.17) is 17.0 Å². The van der Waals surface area contributed by atoms with Crippen molar-refractivity contribution in [3.8, 4) is 5.75 Å². The van der Waals surface area contributed by atoms with Crippen LogP contribution in [0.5, 0.6) is 5.75 Å². The molecule has 0 saturated heterocycles. The summed E-state index contributed by atoms with van der Waals surface area (Å²) in [5, 5.41) is 5.23. The number of unbranched alkanes of at least 4 members (excludes halogenated alkanes) is 1. The molecule has 24 heavy (non-hydrogen) atoms. The van der Waals surface area contributed by atoms with Gasteiger partial charge in [-0.3, -0.25) is 10.1 Å². The highest BCUT2D eigenvalue weighted by molar-refractivity contribution is 7.80. The molecule has 0 aliphatic rings. The summed E-state index contributed by atoms with van der Waals surface area (Å²) in [7, 11) is 0. The van der Waals surface area contributed by atoms with Crippen molar-refractivity contribution < 1.29 is 13.9 Å². The molecule has 2 N–H and O–H groups in total.